The molecule has 0 amide bonds. The summed E-state index contributed by atoms with van der Waals surface area (Å²) in [6.45, 7) is 4.32. The van der Waals surface area contributed by atoms with Crippen LogP contribution in [0.3, 0.4) is 0 Å². The number of piperazine rings is 1. The summed E-state index contributed by atoms with van der Waals surface area (Å²) in [4.78, 5) is 13.7. The van der Waals surface area contributed by atoms with Gasteiger partial charge < -0.3 is 9.42 Å². The summed E-state index contributed by atoms with van der Waals surface area (Å²) in [5.74, 6) is 1.18. The van der Waals surface area contributed by atoms with Crippen LogP contribution in [0, 0.1) is 0 Å². The zero-order valence-corrected chi connectivity index (χ0v) is 17.6. The monoisotopic (exact) mass is 439 g/mol. The number of pyridine rings is 1. The van der Waals surface area contributed by atoms with E-state index in [0.717, 1.165) is 42.6 Å². The van der Waals surface area contributed by atoms with Gasteiger partial charge in [0.05, 0.1) is 12.1 Å². The Morgan fingerprint density at radius 3 is 2.60 bits per heavy atom. The van der Waals surface area contributed by atoms with Crippen molar-refractivity contribution in [1.29, 1.82) is 0 Å². The van der Waals surface area contributed by atoms with Gasteiger partial charge in [0.25, 0.3) is 5.89 Å². The molecule has 1 saturated heterocycles. The minimum atomic E-state index is 0.494. The molecule has 3 heterocycles. The van der Waals surface area contributed by atoms with E-state index >= 15 is 0 Å². The summed E-state index contributed by atoms with van der Waals surface area (Å²) in [6, 6.07) is 15.4. The third-order valence-electron chi connectivity index (χ3n) is 5.30. The molecule has 0 atom stereocenters. The van der Waals surface area contributed by atoms with E-state index < -0.39 is 0 Å². The quantitative estimate of drug-likeness (QED) is 0.449. The van der Waals surface area contributed by atoms with Gasteiger partial charge in [0.15, 0.2) is 5.82 Å². The van der Waals surface area contributed by atoms with Gasteiger partial charge in [0.1, 0.15) is 0 Å². The fraction of sp³-hybridized carbons (Fsp3) is 0.227. The van der Waals surface area contributed by atoms with E-state index in [2.05, 4.69) is 31.0 Å². The number of hydrogen-bond donors (Lipinski definition) is 0. The highest BCUT2D eigenvalue weighted by molar-refractivity contribution is 6.31. The Balaban J connectivity index is 1.25. The molecule has 0 N–H and O–H groups in total. The van der Waals surface area contributed by atoms with E-state index in [1.807, 2.05) is 48.7 Å². The minimum Gasteiger partial charge on any atom is -0.368 e. The molecule has 1 fully saturated rings. The maximum Gasteiger partial charge on any atom is 0.258 e. The standard InChI is InChI=1S/C22H19Cl2N5O/c23-16-3-1-2-15(12-16)22-26-21(27-30-22)14-28-8-10-29(11-9-28)20-6-7-25-19-13-17(24)4-5-18(19)20/h1-7,12-13H,8-11,14H2. The van der Waals surface area contributed by atoms with E-state index in [1.54, 1.807) is 0 Å². The fourth-order valence-corrected chi connectivity index (χ4v) is 4.14. The highest BCUT2D eigenvalue weighted by Crippen LogP contribution is 2.28. The predicted molar refractivity (Wildman–Crippen MR) is 119 cm³/mol. The van der Waals surface area contributed by atoms with E-state index in [9.17, 15) is 0 Å². The van der Waals surface area contributed by atoms with Crippen LogP contribution in [-0.4, -0.2) is 46.2 Å². The van der Waals surface area contributed by atoms with Crippen LogP contribution in [0.2, 0.25) is 10.0 Å². The van der Waals surface area contributed by atoms with Crippen molar-refractivity contribution in [1.82, 2.24) is 20.0 Å². The van der Waals surface area contributed by atoms with Crippen molar-refractivity contribution in [3.8, 4) is 11.5 Å². The summed E-state index contributed by atoms with van der Waals surface area (Å²) >= 11 is 12.2. The normalized spacial score (nSPS) is 15.1. The van der Waals surface area contributed by atoms with Crippen LogP contribution in [0.1, 0.15) is 5.82 Å². The smallest absolute Gasteiger partial charge is 0.258 e. The van der Waals surface area contributed by atoms with Crippen molar-refractivity contribution in [2.45, 2.75) is 6.54 Å². The van der Waals surface area contributed by atoms with Crippen LogP contribution >= 0.6 is 23.2 Å². The molecule has 4 aromatic rings. The topological polar surface area (TPSA) is 58.3 Å². The zero-order valence-electron chi connectivity index (χ0n) is 16.1. The van der Waals surface area contributed by atoms with E-state index in [-0.39, 0.29) is 0 Å². The van der Waals surface area contributed by atoms with Gasteiger partial charge in [-0.15, -0.1) is 0 Å². The lowest BCUT2D eigenvalue weighted by atomic mass is 10.1. The molecule has 1 aliphatic heterocycles. The highest BCUT2D eigenvalue weighted by atomic mass is 35.5. The lowest BCUT2D eigenvalue weighted by Gasteiger charge is -2.36. The zero-order chi connectivity index (χ0) is 20.5. The van der Waals surface area contributed by atoms with Gasteiger partial charge in [-0.25, -0.2) is 0 Å². The Morgan fingerprint density at radius 2 is 1.77 bits per heavy atom. The average Bonchev–Trinajstić information content (AvgIpc) is 3.22. The van der Waals surface area contributed by atoms with Gasteiger partial charge in [-0.2, -0.15) is 4.98 Å². The van der Waals surface area contributed by atoms with Crippen LogP contribution in [0.4, 0.5) is 5.69 Å². The molecular formula is C22H19Cl2N5O. The molecule has 0 bridgehead atoms. The second-order valence-electron chi connectivity index (χ2n) is 7.28. The molecular weight excluding hydrogens is 421 g/mol. The van der Waals surface area contributed by atoms with Gasteiger partial charge in [0.2, 0.25) is 0 Å². The molecule has 2 aromatic heterocycles. The molecule has 0 radical (unpaired) electrons. The summed E-state index contributed by atoms with van der Waals surface area (Å²) in [5, 5.41) is 6.61. The number of benzene rings is 2. The first-order chi connectivity index (χ1) is 14.7. The van der Waals surface area contributed by atoms with E-state index in [1.165, 1.54) is 5.69 Å². The first-order valence-electron chi connectivity index (χ1n) is 9.76. The molecule has 0 saturated carbocycles. The van der Waals surface area contributed by atoms with Crippen molar-refractivity contribution < 1.29 is 4.52 Å². The third kappa shape index (κ3) is 3.99. The Bertz CT molecular complexity index is 1190. The van der Waals surface area contributed by atoms with E-state index in [0.29, 0.717) is 28.3 Å². The summed E-state index contributed by atoms with van der Waals surface area (Å²) in [5.41, 5.74) is 2.94. The summed E-state index contributed by atoms with van der Waals surface area (Å²) in [6.07, 6.45) is 1.84. The second kappa shape index (κ2) is 8.22. The number of hydrogen-bond acceptors (Lipinski definition) is 6. The molecule has 6 nitrogen and oxygen atoms in total. The van der Waals surface area contributed by atoms with E-state index in [4.69, 9.17) is 27.7 Å². The Morgan fingerprint density at radius 1 is 0.933 bits per heavy atom. The van der Waals surface area contributed by atoms with Crippen LogP contribution in [-0.2, 0) is 6.54 Å². The Hall–Kier alpha value is -2.67. The van der Waals surface area contributed by atoms with Crippen molar-refractivity contribution in [3.05, 3.63) is 70.6 Å². The van der Waals surface area contributed by atoms with Gasteiger partial charge in [-0.1, -0.05) is 34.4 Å². The minimum absolute atomic E-state index is 0.494. The number of rotatable bonds is 4. The molecule has 0 unspecified atom stereocenters. The number of aromatic nitrogens is 3. The number of anilines is 1. The maximum absolute atomic E-state index is 6.12. The third-order valence-corrected chi connectivity index (χ3v) is 5.77. The van der Waals surface area contributed by atoms with Crippen molar-refractivity contribution in [2.75, 3.05) is 31.1 Å². The lowest BCUT2D eigenvalue weighted by Crippen LogP contribution is -2.46. The predicted octanol–water partition coefficient (Wildman–Crippen LogP) is 4.91. The Labute approximate surface area is 184 Å². The first kappa shape index (κ1) is 19.3. The lowest BCUT2D eigenvalue weighted by molar-refractivity contribution is 0.240. The van der Waals surface area contributed by atoms with Crippen LogP contribution in [0.5, 0.6) is 0 Å². The molecule has 1 aliphatic rings. The number of halogens is 2. The summed E-state index contributed by atoms with van der Waals surface area (Å²) in [7, 11) is 0. The number of fused-ring (bicyclic) bond motifs is 1. The van der Waals surface area contributed by atoms with Crippen LogP contribution < -0.4 is 4.90 Å². The fourth-order valence-electron chi connectivity index (χ4n) is 3.79. The summed E-state index contributed by atoms with van der Waals surface area (Å²) < 4.78 is 5.42. The van der Waals surface area contributed by atoms with Crippen LogP contribution in [0.25, 0.3) is 22.4 Å². The first-order valence-corrected chi connectivity index (χ1v) is 10.5. The average molecular weight is 440 g/mol. The van der Waals surface area contributed by atoms with Gasteiger partial charge in [-0.3, -0.25) is 9.88 Å². The molecule has 152 valence electrons. The number of nitrogens with zero attached hydrogens (tertiary/aromatic N) is 5. The molecule has 2 aromatic carbocycles. The van der Waals surface area contributed by atoms with Crippen molar-refractivity contribution in [3.63, 3.8) is 0 Å². The molecule has 8 heteroatoms. The van der Waals surface area contributed by atoms with Gasteiger partial charge in [0, 0.05) is 59.1 Å². The van der Waals surface area contributed by atoms with Gasteiger partial charge >= 0.3 is 0 Å². The maximum atomic E-state index is 6.12. The van der Waals surface area contributed by atoms with Crippen molar-refractivity contribution in [2.24, 2.45) is 0 Å². The SMILES string of the molecule is Clc1cccc(-c2nc(CN3CCN(c4ccnc5cc(Cl)ccc45)CC3)no2)c1. The van der Waals surface area contributed by atoms with Crippen LogP contribution in [0.15, 0.2) is 59.3 Å². The molecule has 0 aliphatic carbocycles. The molecule has 30 heavy (non-hydrogen) atoms. The van der Waals surface area contributed by atoms with Gasteiger partial charge in [-0.05, 0) is 42.5 Å². The second-order valence-corrected chi connectivity index (χ2v) is 8.15. The molecule has 0 spiro atoms. The molecule has 5 rings (SSSR count). The highest BCUT2D eigenvalue weighted by Gasteiger charge is 2.21. The van der Waals surface area contributed by atoms with Crippen molar-refractivity contribution >= 4 is 39.8 Å². The Kier molecular flexibility index (Phi) is 5.29. The largest absolute Gasteiger partial charge is 0.368 e.